The molecule has 7 nitrogen and oxygen atoms in total. The van der Waals surface area contributed by atoms with Crippen molar-refractivity contribution in [2.24, 2.45) is 0 Å². The predicted molar refractivity (Wildman–Crippen MR) is 110 cm³/mol. The molecule has 146 valence electrons. The number of fused-ring (bicyclic) bond motifs is 3. The molecule has 0 N–H and O–H groups in total. The Morgan fingerprint density at radius 3 is 2.76 bits per heavy atom. The van der Waals surface area contributed by atoms with Crippen LogP contribution in [0.3, 0.4) is 0 Å². The fourth-order valence-corrected chi connectivity index (χ4v) is 3.90. The van der Waals surface area contributed by atoms with E-state index < -0.39 is 0 Å². The summed E-state index contributed by atoms with van der Waals surface area (Å²) in [6.45, 7) is 4.29. The SMILES string of the molecule is Cc1cc(C(=O)N2CCOCC2)ncc1-c1cc2cnc(Cl)cc2c2ccnn12. The highest BCUT2D eigenvalue weighted by atomic mass is 35.5. The molecule has 0 saturated carbocycles. The Labute approximate surface area is 171 Å². The summed E-state index contributed by atoms with van der Waals surface area (Å²) < 4.78 is 7.19. The van der Waals surface area contributed by atoms with E-state index in [4.69, 9.17) is 16.3 Å². The van der Waals surface area contributed by atoms with Crippen LogP contribution in [0.1, 0.15) is 16.1 Å². The Bertz CT molecular complexity index is 1250. The first kappa shape index (κ1) is 18.0. The number of rotatable bonds is 2. The van der Waals surface area contributed by atoms with Crippen LogP contribution in [-0.4, -0.2) is 56.7 Å². The number of amides is 1. The lowest BCUT2D eigenvalue weighted by Crippen LogP contribution is -2.41. The van der Waals surface area contributed by atoms with E-state index in [-0.39, 0.29) is 5.91 Å². The van der Waals surface area contributed by atoms with Gasteiger partial charge in [0.15, 0.2) is 0 Å². The summed E-state index contributed by atoms with van der Waals surface area (Å²) in [5.41, 5.74) is 4.13. The average molecular weight is 408 g/mol. The zero-order valence-corrected chi connectivity index (χ0v) is 16.6. The number of hydrogen-bond donors (Lipinski definition) is 0. The van der Waals surface area contributed by atoms with Crippen LogP contribution in [0.2, 0.25) is 5.15 Å². The Balaban J connectivity index is 1.60. The molecule has 8 heteroatoms. The molecule has 0 radical (unpaired) electrons. The van der Waals surface area contributed by atoms with Crippen molar-refractivity contribution in [1.82, 2.24) is 24.5 Å². The van der Waals surface area contributed by atoms with E-state index in [0.717, 1.165) is 33.1 Å². The number of carbonyl (C=O) groups excluding carboxylic acids is 1. The molecule has 4 aromatic heterocycles. The Morgan fingerprint density at radius 1 is 1.14 bits per heavy atom. The molecule has 5 rings (SSSR count). The van der Waals surface area contributed by atoms with Gasteiger partial charge in [-0.1, -0.05) is 11.6 Å². The molecule has 0 unspecified atom stereocenters. The van der Waals surface area contributed by atoms with Gasteiger partial charge in [-0.25, -0.2) is 9.50 Å². The summed E-state index contributed by atoms with van der Waals surface area (Å²) in [5.74, 6) is -0.0652. The van der Waals surface area contributed by atoms with Crippen LogP contribution >= 0.6 is 11.6 Å². The van der Waals surface area contributed by atoms with Gasteiger partial charge in [0.25, 0.3) is 5.91 Å². The average Bonchev–Trinajstić information content (AvgIpc) is 3.24. The van der Waals surface area contributed by atoms with Gasteiger partial charge < -0.3 is 9.64 Å². The van der Waals surface area contributed by atoms with Gasteiger partial charge in [-0.3, -0.25) is 9.78 Å². The molecule has 1 aliphatic rings. The summed E-state index contributed by atoms with van der Waals surface area (Å²) in [7, 11) is 0. The third kappa shape index (κ3) is 3.12. The number of morpholine rings is 1. The summed E-state index contributed by atoms with van der Waals surface area (Å²) in [6.07, 6.45) is 5.26. The zero-order chi connectivity index (χ0) is 20.0. The minimum absolute atomic E-state index is 0.0652. The van der Waals surface area contributed by atoms with Crippen LogP contribution in [0.5, 0.6) is 0 Å². The number of hydrogen-bond acceptors (Lipinski definition) is 5. The summed E-state index contributed by atoms with van der Waals surface area (Å²) >= 11 is 6.08. The van der Waals surface area contributed by atoms with Crippen molar-refractivity contribution >= 4 is 33.8 Å². The third-order valence-electron chi connectivity index (χ3n) is 5.24. The molecule has 0 bridgehead atoms. The smallest absolute Gasteiger partial charge is 0.272 e. The number of carbonyl (C=O) groups is 1. The highest BCUT2D eigenvalue weighted by Gasteiger charge is 2.21. The Morgan fingerprint density at radius 2 is 1.97 bits per heavy atom. The van der Waals surface area contributed by atoms with Crippen molar-refractivity contribution in [3.63, 3.8) is 0 Å². The molecule has 1 fully saturated rings. The van der Waals surface area contributed by atoms with Crippen LogP contribution in [0.4, 0.5) is 0 Å². The molecule has 29 heavy (non-hydrogen) atoms. The van der Waals surface area contributed by atoms with Crippen molar-refractivity contribution in [2.75, 3.05) is 26.3 Å². The maximum atomic E-state index is 12.7. The van der Waals surface area contributed by atoms with E-state index in [1.54, 1.807) is 23.5 Å². The van der Waals surface area contributed by atoms with Gasteiger partial charge in [0.1, 0.15) is 10.8 Å². The topological polar surface area (TPSA) is 72.6 Å². The Kier molecular flexibility index (Phi) is 4.41. The van der Waals surface area contributed by atoms with E-state index in [0.29, 0.717) is 37.2 Å². The first-order chi connectivity index (χ1) is 14.1. The number of halogens is 1. The van der Waals surface area contributed by atoms with E-state index in [9.17, 15) is 4.79 Å². The van der Waals surface area contributed by atoms with Gasteiger partial charge in [-0.2, -0.15) is 5.10 Å². The van der Waals surface area contributed by atoms with Crippen LogP contribution in [0.25, 0.3) is 27.5 Å². The van der Waals surface area contributed by atoms with E-state index in [2.05, 4.69) is 15.1 Å². The number of aryl methyl sites for hydroxylation is 1. The maximum absolute atomic E-state index is 12.7. The minimum atomic E-state index is -0.0652. The third-order valence-corrected chi connectivity index (χ3v) is 5.45. The van der Waals surface area contributed by atoms with Crippen LogP contribution in [0, 0.1) is 6.92 Å². The van der Waals surface area contributed by atoms with Gasteiger partial charge in [0.2, 0.25) is 0 Å². The van der Waals surface area contributed by atoms with Gasteiger partial charge in [0.05, 0.1) is 30.6 Å². The number of aromatic nitrogens is 4. The van der Waals surface area contributed by atoms with E-state index in [1.807, 2.05) is 35.7 Å². The van der Waals surface area contributed by atoms with Crippen molar-refractivity contribution in [3.8, 4) is 11.3 Å². The molecule has 0 atom stereocenters. The fourth-order valence-electron chi connectivity index (χ4n) is 3.75. The van der Waals surface area contributed by atoms with Gasteiger partial charge in [-0.05, 0) is 36.8 Å². The quantitative estimate of drug-likeness (QED) is 0.476. The monoisotopic (exact) mass is 407 g/mol. The Hall–Kier alpha value is -3.03. The van der Waals surface area contributed by atoms with Gasteiger partial charge in [-0.15, -0.1) is 0 Å². The maximum Gasteiger partial charge on any atom is 0.272 e. The van der Waals surface area contributed by atoms with E-state index in [1.165, 1.54) is 0 Å². The molecule has 1 aliphatic heterocycles. The molecular weight excluding hydrogens is 390 g/mol. The molecular formula is C21H18ClN5O2. The van der Waals surface area contributed by atoms with Crippen molar-refractivity contribution < 1.29 is 9.53 Å². The molecule has 0 spiro atoms. The van der Waals surface area contributed by atoms with Gasteiger partial charge in [0, 0.05) is 41.8 Å². The van der Waals surface area contributed by atoms with E-state index >= 15 is 0 Å². The first-order valence-electron chi connectivity index (χ1n) is 9.38. The summed E-state index contributed by atoms with van der Waals surface area (Å²) in [5, 5.41) is 6.87. The highest BCUT2D eigenvalue weighted by Crippen LogP contribution is 2.30. The summed E-state index contributed by atoms with van der Waals surface area (Å²) in [4.78, 5) is 23.2. The molecule has 5 heterocycles. The lowest BCUT2D eigenvalue weighted by molar-refractivity contribution is 0.0299. The number of ether oxygens (including phenoxy) is 1. The van der Waals surface area contributed by atoms with Crippen molar-refractivity contribution in [3.05, 3.63) is 59.3 Å². The van der Waals surface area contributed by atoms with Crippen molar-refractivity contribution in [1.29, 1.82) is 0 Å². The second kappa shape index (κ2) is 7.09. The van der Waals surface area contributed by atoms with Crippen LogP contribution in [-0.2, 0) is 4.74 Å². The number of nitrogens with zero attached hydrogens (tertiary/aromatic N) is 5. The lowest BCUT2D eigenvalue weighted by Gasteiger charge is -2.26. The second-order valence-corrected chi connectivity index (χ2v) is 7.43. The largest absolute Gasteiger partial charge is 0.378 e. The minimum Gasteiger partial charge on any atom is -0.378 e. The number of pyridine rings is 3. The summed E-state index contributed by atoms with van der Waals surface area (Å²) in [6, 6.07) is 7.65. The predicted octanol–water partition coefficient (Wildman–Crippen LogP) is 3.38. The second-order valence-electron chi connectivity index (χ2n) is 7.04. The normalized spacial score (nSPS) is 14.6. The molecule has 0 aliphatic carbocycles. The lowest BCUT2D eigenvalue weighted by atomic mass is 10.0. The highest BCUT2D eigenvalue weighted by molar-refractivity contribution is 6.30. The standard InChI is InChI=1S/C21H18ClN5O2/c1-13-8-17(21(28)26-4-6-29-7-5-26)23-12-16(13)19-9-14-11-24-20(22)10-15(14)18-2-3-25-27(18)19/h2-3,8-12H,4-7H2,1H3. The van der Waals surface area contributed by atoms with Crippen molar-refractivity contribution in [2.45, 2.75) is 6.92 Å². The molecule has 1 saturated heterocycles. The molecule has 1 amide bonds. The fraction of sp³-hybridized carbons (Fsp3) is 0.238. The zero-order valence-electron chi connectivity index (χ0n) is 15.8. The van der Waals surface area contributed by atoms with Gasteiger partial charge >= 0.3 is 0 Å². The van der Waals surface area contributed by atoms with Crippen LogP contribution in [0.15, 0.2) is 42.9 Å². The van der Waals surface area contributed by atoms with Crippen LogP contribution < -0.4 is 0 Å². The molecule has 0 aromatic carbocycles. The first-order valence-corrected chi connectivity index (χ1v) is 9.75. The molecule has 4 aromatic rings.